The van der Waals surface area contributed by atoms with Gasteiger partial charge >= 0.3 is 12.1 Å². The van der Waals surface area contributed by atoms with E-state index in [9.17, 15) is 19.5 Å². The molecule has 0 saturated carbocycles. The molecule has 6 heteroatoms. The number of aldehydes is 1. The van der Waals surface area contributed by atoms with Gasteiger partial charge in [0.25, 0.3) is 0 Å². The normalized spacial score (nSPS) is 12.1. The summed E-state index contributed by atoms with van der Waals surface area (Å²) in [4.78, 5) is 36.8. The molecule has 31 heavy (non-hydrogen) atoms. The van der Waals surface area contributed by atoms with Gasteiger partial charge in [0, 0.05) is 24.2 Å². The SMILES string of the molecule is Cc1c(C=O)cc(N(C)C(=O)OCC2c3ccccc3-c3ccccc32)cc1C(=O)O. The van der Waals surface area contributed by atoms with Crippen LogP contribution in [0.1, 0.15) is 43.3 Å². The lowest BCUT2D eigenvalue weighted by Crippen LogP contribution is -2.29. The van der Waals surface area contributed by atoms with E-state index < -0.39 is 12.1 Å². The molecular weight excluding hydrogens is 394 g/mol. The smallest absolute Gasteiger partial charge is 0.414 e. The largest absolute Gasteiger partial charge is 0.478 e. The molecule has 0 radical (unpaired) electrons. The second-order valence-corrected chi connectivity index (χ2v) is 7.49. The summed E-state index contributed by atoms with van der Waals surface area (Å²) in [6.45, 7) is 1.71. The number of fused-ring (bicyclic) bond motifs is 3. The van der Waals surface area contributed by atoms with Crippen molar-refractivity contribution in [3.8, 4) is 11.1 Å². The topological polar surface area (TPSA) is 83.9 Å². The summed E-state index contributed by atoms with van der Waals surface area (Å²) in [7, 11) is 1.49. The van der Waals surface area contributed by atoms with Gasteiger partial charge in [-0.25, -0.2) is 9.59 Å². The number of benzene rings is 3. The Labute approximate surface area is 179 Å². The van der Waals surface area contributed by atoms with E-state index >= 15 is 0 Å². The molecule has 0 saturated heterocycles. The van der Waals surface area contributed by atoms with E-state index in [2.05, 4.69) is 12.1 Å². The first-order chi connectivity index (χ1) is 14.9. The highest BCUT2D eigenvalue weighted by atomic mass is 16.6. The van der Waals surface area contributed by atoms with Crippen molar-refractivity contribution in [1.82, 2.24) is 0 Å². The van der Waals surface area contributed by atoms with Gasteiger partial charge in [-0.05, 0) is 46.9 Å². The third-order valence-electron chi connectivity index (χ3n) is 5.79. The van der Waals surface area contributed by atoms with Crippen molar-refractivity contribution < 1.29 is 24.2 Å². The fourth-order valence-corrected chi connectivity index (χ4v) is 4.06. The van der Waals surface area contributed by atoms with Crippen molar-refractivity contribution in [2.75, 3.05) is 18.6 Å². The van der Waals surface area contributed by atoms with E-state index in [0.717, 1.165) is 22.3 Å². The number of carbonyl (C=O) groups excluding carboxylic acids is 2. The molecule has 0 aromatic heterocycles. The van der Waals surface area contributed by atoms with Crippen LogP contribution in [0, 0.1) is 6.92 Å². The van der Waals surface area contributed by atoms with Gasteiger partial charge in [-0.1, -0.05) is 48.5 Å². The molecule has 0 spiro atoms. The summed E-state index contributed by atoms with van der Waals surface area (Å²) in [5, 5.41) is 9.41. The minimum Gasteiger partial charge on any atom is -0.478 e. The van der Waals surface area contributed by atoms with Gasteiger partial charge in [0.2, 0.25) is 0 Å². The van der Waals surface area contributed by atoms with Gasteiger partial charge in [0.05, 0.1) is 5.56 Å². The molecule has 156 valence electrons. The van der Waals surface area contributed by atoms with Crippen LogP contribution in [0.5, 0.6) is 0 Å². The zero-order valence-electron chi connectivity index (χ0n) is 17.2. The number of carbonyl (C=O) groups is 3. The Hall–Kier alpha value is -3.93. The lowest BCUT2D eigenvalue weighted by Gasteiger charge is -2.21. The maximum Gasteiger partial charge on any atom is 0.414 e. The molecule has 4 rings (SSSR count). The lowest BCUT2D eigenvalue weighted by molar-refractivity contribution is 0.0696. The lowest BCUT2D eigenvalue weighted by atomic mass is 9.98. The Bertz CT molecular complexity index is 1150. The number of anilines is 1. The number of ether oxygens (including phenoxy) is 1. The van der Waals surface area contributed by atoms with Crippen molar-refractivity contribution >= 4 is 24.0 Å². The van der Waals surface area contributed by atoms with Crippen LogP contribution in [-0.2, 0) is 4.74 Å². The fourth-order valence-electron chi connectivity index (χ4n) is 4.06. The molecular formula is C25H21NO5. The van der Waals surface area contributed by atoms with Crippen molar-refractivity contribution in [3.63, 3.8) is 0 Å². The monoisotopic (exact) mass is 415 g/mol. The second kappa shape index (κ2) is 8.07. The average Bonchev–Trinajstić information content (AvgIpc) is 3.10. The van der Waals surface area contributed by atoms with Crippen LogP contribution in [0.15, 0.2) is 60.7 Å². The molecule has 0 aliphatic heterocycles. The molecule has 0 heterocycles. The summed E-state index contributed by atoms with van der Waals surface area (Å²) in [6.07, 6.45) is -0.0458. The number of hydrogen-bond donors (Lipinski definition) is 1. The second-order valence-electron chi connectivity index (χ2n) is 7.49. The summed E-state index contributed by atoms with van der Waals surface area (Å²) in [6, 6.07) is 18.9. The molecule has 1 aliphatic carbocycles. The quantitative estimate of drug-likeness (QED) is 0.600. The molecule has 1 aliphatic rings. The number of rotatable bonds is 5. The number of amides is 1. The molecule has 1 N–H and O–H groups in total. The van der Waals surface area contributed by atoms with Crippen LogP contribution in [0.2, 0.25) is 0 Å². The summed E-state index contributed by atoms with van der Waals surface area (Å²) < 4.78 is 5.61. The Balaban J connectivity index is 1.57. The van der Waals surface area contributed by atoms with Crippen LogP contribution in [-0.4, -0.2) is 37.1 Å². The van der Waals surface area contributed by atoms with Crippen molar-refractivity contribution in [2.45, 2.75) is 12.8 Å². The van der Waals surface area contributed by atoms with E-state index in [1.165, 1.54) is 24.1 Å². The molecule has 6 nitrogen and oxygen atoms in total. The molecule has 3 aromatic rings. The molecule has 0 unspecified atom stereocenters. The maximum atomic E-state index is 12.8. The Kier molecular flexibility index (Phi) is 5.29. The van der Waals surface area contributed by atoms with Crippen LogP contribution in [0.25, 0.3) is 11.1 Å². The highest BCUT2D eigenvalue weighted by Crippen LogP contribution is 2.44. The molecule has 0 bridgehead atoms. The zero-order chi connectivity index (χ0) is 22.1. The molecule has 3 aromatic carbocycles. The van der Waals surface area contributed by atoms with Crippen molar-refractivity contribution in [2.24, 2.45) is 0 Å². The highest BCUT2D eigenvalue weighted by Gasteiger charge is 2.29. The predicted molar refractivity (Wildman–Crippen MR) is 117 cm³/mol. The highest BCUT2D eigenvalue weighted by molar-refractivity contribution is 5.97. The molecule has 0 atom stereocenters. The van der Waals surface area contributed by atoms with Gasteiger partial charge in [-0.15, -0.1) is 0 Å². The van der Waals surface area contributed by atoms with E-state index in [-0.39, 0.29) is 29.3 Å². The standard InChI is InChI=1S/C25H21NO5/c1-15-16(13-27)11-17(12-22(15)24(28)29)26(2)25(30)31-14-23-20-9-5-3-7-18(20)19-8-4-6-10-21(19)23/h3-13,23H,14H2,1-2H3,(H,28,29). The minimum atomic E-state index is -1.16. The van der Waals surface area contributed by atoms with Gasteiger partial charge in [0.15, 0.2) is 0 Å². The third kappa shape index (κ3) is 3.57. The van der Waals surface area contributed by atoms with Gasteiger partial charge in [-0.3, -0.25) is 9.69 Å². The van der Waals surface area contributed by atoms with E-state index in [4.69, 9.17) is 4.74 Å². The van der Waals surface area contributed by atoms with Crippen LogP contribution in [0.4, 0.5) is 10.5 Å². The summed E-state index contributed by atoms with van der Waals surface area (Å²) in [5.41, 5.74) is 5.29. The number of carboxylic acids is 1. The minimum absolute atomic E-state index is 0.0297. The zero-order valence-corrected chi connectivity index (χ0v) is 17.2. The van der Waals surface area contributed by atoms with Crippen LogP contribution < -0.4 is 4.90 Å². The van der Waals surface area contributed by atoms with Crippen molar-refractivity contribution in [3.05, 3.63) is 88.5 Å². The number of hydrogen-bond acceptors (Lipinski definition) is 4. The number of nitrogens with zero attached hydrogens (tertiary/aromatic N) is 1. The number of carboxylic acid groups (broad SMARTS) is 1. The first kappa shape index (κ1) is 20.3. The predicted octanol–water partition coefficient (Wildman–Crippen LogP) is 4.89. The van der Waals surface area contributed by atoms with Crippen LogP contribution in [0.3, 0.4) is 0 Å². The maximum absolute atomic E-state index is 12.8. The summed E-state index contributed by atoms with van der Waals surface area (Å²) in [5.74, 6) is -1.24. The fraction of sp³-hybridized carbons (Fsp3) is 0.160. The Morgan fingerprint density at radius 2 is 1.61 bits per heavy atom. The average molecular weight is 415 g/mol. The van der Waals surface area contributed by atoms with Gasteiger partial charge in [-0.2, -0.15) is 0 Å². The van der Waals surface area contributed by atoms with Crippen LogP contribution >= 0.6 is 0 Å². The summed E-state index contributed by atoms with van der Waals surface area (Å²) >= 11 is 0. The number of aromatic carboxylic acids is 1. The Morgan fingerprint density at radius 3 is 2.16 bits per heavy atom. The van der Waals surface area contributed by atoms with Crippen molar-refractivity contribution in [1.29, 1.82) is 0 Å². The van der Waals surface area contributed by atoms with E-state index in [1.54, 1.807) is 6.92 Å². The van der Waals surface area contributed by atoms with E-state index in [0.29, 0.717) is 11.8 Å². The molecule has 0 fully saturated rings. The van der Waals surface area contributed by atoms with E-state index in [1.807, 2.05) is 36.4 Å². The van der Waals surface area contributed by atoms with Gasteiger partial charge in [0.1, 0.15) is 12.9 Å². The van der Waals surface area contributed by atoms with Gasteiger partial charge < -0.3 is 9.84 Å². The first-order valence-electron chi connectivity index (χ1n) is 9.84. The Morgan fingerprint density at radius 1 is 1.03 bits per heavy atom. The first-order valence-corrected chi connectivity index (χ1v) is 9.84. The third-order valence-corrected chi connectivity index (χ3v) is 5.79. The molecule has 1 amide bonds.